The fraction of sp³-hybridized carbons (Fsp3) is 0.438. The number of aryl methyl sites for hydroxylation is 1. The summed E-state index contributed by atoms with van der Waals surface area (Å²) in [4.78, 5) is 4.71. The molecule has 0 saturated heterocycles. The molecule has 2 aromatic rings. The van der Waals surface area contributed by atoms with Crippen LogP contribution in [0.15, 0.2) is 23.6 Å². The lowest BCUT2D eigenvalue weighted by atomic mass is 10.1. The molecule has 2 heterocycles. The molecule has 4 nitrogen and oxygen atoms in total. The SMILES string of the molecule is NCCCCc1nc(-c2ccc3c(c2)OCCCO3)cs1. The third-order valence-electron chi connectivity index (χ3n) is 3.44. The number of hydrogen-bond acceptors (Lipinski definition) is 5. The number of unbranched alkanes of at least 4 members (excludes halogenated alkanes) is 1. The molecule has 1 aromatic carbocycles. The van der Waals surface area contributed by atoms with Gasteiger partial charge in [-0.15, -0.1) is 11.3 Å². The molecule has 21 heavy (non-hydrogen) atoms. The van der Waals surface area contributed by atoms with Gasteiger partial charge < -0.3 is 15.2 Å². The Balaban J connectivity index is 1.76. The smallest absolute Gasteiger partial charge is 0.161 e. The largest absolute Gasteiger partial charge is 0.490 e. The zero-order chi connectivity index (χ0) is 14.5. The summed E-state index contributed by atoms with van der Waals surface area (Å²) in [5.41, 5.74) is 7.62. The third kappa shape index (κ3) is 3.54. The van der Waals surface area contributed by atoms with Crippen molar-refractivity contribution < 1.29 is 9.47 Å². The maximum absolute atomic E-state index is 5.73. The number of hydrogen-bond donors (Lipinski definition) is 1. The van der Waals surface area contributed by atoms with E-state index in [2.05, 4.69) is 5.38 Å². The molecule has 0 amide bonds. The molecule has 5 heteroatoms. The van der Waals surface area contributed by atoms with Crippen LogP contribution < -0.4 is 15.2 Å². The molecule has 2 N–H and O–H groups in total. The van der Waals surface area contributed by atoms with Crippen LogP contribution in [-0.2, 0) is 6.42 Å². The highest BCUT2D eigenvalue weighted by atomic mass is 32.1. The number of thiazole rings is 1. The molecule has 0 radical (unpaired) electrons. The average Bonchev–Trinajstić information content (AvgIpc) is 2.85. The molecule has 0 saturated carbocycles. The van der Waals surface area contributed by atoms with Gasteiger partial charge in [-0.3, -0.25) is 0 Å². The van der Waals surface area contributed by atoms with E-state index in [1.165, 1.54) is 5.01 Å². The van der Waals surface area contributed by atoms with Crippen molar-refractivity contribution in [3.63, 3.8) is 0 Å². The van der Waals surface area contributed by atoms with Gasteiger partial charge in [-0.1, -0.05) is 0 Å². The first-order valence-corrected chi connectivity index (χ1v) is 8.29. The molecule has 0 atom stereocenters. The first kappa shape index (κ1) is 14.4. The summed E-state index contributed by atoms with van der Waals surface area (Å²) in [6.45, 7) is 2.17. The number of aromatic nitrogens is 1. The number of benzene rings is 1. The standard InChI is InChI=1S/C16H20N2O2S/c17-7-2-1-4-16-18-13(11-21-16)12-5-6-14-15(10-12)20-9-3-8-19-14/h5-6,10-11H,1-4,7-9,17H2. The van der Waals surface area contributed by atoms with Crippen LogP contribution >= 0.6 is 11.3 Å². The molecule has 112 valence electrons. The van der Waals surface area contributed by atoms with Crippen LogP contribution in [0.2, 0.25) is 0 Å². The summed E-state index contributed by atoms with van der Waals surface area (Å²) >= 11 is 1.71. The fourth-order valence-electron chi connectivity index (χ4n) is 2.30. The number of rotatable bonds is 5. The second-order valence-electron chi connectivity index (χ2n) is 5.08. The highest BCUT2D eigenvalue weighted by Gasteiger charge is 2.12. The van der Waals surface area contributed by atoms with Gasteiger partial charge in [0.15, 0.2) is 11.5 Å². The summed E-state index contributed by atoms with van der Waals surface area (Å²) in [6, 6.07) is 6.05. The van der Waals surface area contributed by atoms with E-state index in [-0.39, 0.29) is 0 Å². The molecular formula is C16H20N2O2S. The number of ether oxygens (including phenoxy) is 2. The zero-order valence-corrected chi connectivity index (χ0v) is 12.8. The van der Waals surface area contributed by atoms with Crippen molar-refractivity contribution >= 4 is 11.3 Å². The number of nitrogens with two attached hydrogens (primary N) is 1. The molecule has 1 aliphatic rings. The van der Waals surface area contributed by atoms with Gasteiger partial charge in [0, 0.05) is 17.4 Å². The van der Waals surface area contributed by atoms with Gasteiger partial charge in [0.05, 0.1) is 23.9 Å². The molecule has 0 unspecified atom stereocenters. The Morgan fingerprint density at radius 2 is 2.00 bits per heavy atom. The van der Waals surface area contributed by atoms with Gasteiger partial charge in [-0.05, 0) is 44.0 Å². The number of nitrogens with zero attached hydrogens (tertiary/aromatic N) is 1. The van der Waals surface area contributed by atoms with Crippen LogP contribution in [0.4, 0.5) is 0 Å². The Morgan fingerprint density at radius 3 is 2.86 bits per heavy atom. The van der Waals surface area contributed by atoms with Gasteiger partial charge in [0.25, 0.3) is 0 Å². The summed E-state index contributed by atoms with van der Waals surface area (Å²) < 4.78 is 11.4. The van der Waals surface area contributed by atoms with Gasteiger partial charge in [0.1, 0.15) is 0 Å². The number of fused-ring (bicyclic) bond motifs is 1. The Bertz CT molecular complexity index is 598. The maximum atomic E-state index is 5.73. The zero-order valence-electron chi connectivity index (χ0n) is 12.0. The Hall–Kier alpha value is -1.59. The van der Waals surface area contributed by atoms with Crippen molar-refractivity contribution in [1.82, 2.24) is 4.98 Å². The maximum Gasteiger partial charge on any atom is 0.161 e. The topological polar surface area (TPSA) is 57.4 Å². The Kier molecular flexibility index (Phi) is 4.72. The van der Waals surface area contributed by atoms with E-state index < -0.39 is 0 Å². The van der Waals surface area contributed by atoms with E-state index in [1.54, 1.807) is 11.3 Å². The lowest BCUT2D eigenvalue weighted by Crippen LogP contribution is -1.98. The molecule has 1 aromatic heterocycles. The van der Waals surface area contributed by atoms with Crippen LogP contribution in [0.3, 0.4) is 0 Å². The minimum Gasteiger partial charge on any atom is -0.490 e. The van der Waals surface area contributed by atoms with Gasteiger partial charge >= 0.3 is 0 Å². The minimum absolute atomic E-state index is 0.706. The van der Waals surface area contributed by atoms with Crippen molar-refractivity contribution in [2.75, 3.05) is 19.8 Å². The van der Waals surface area contributed by atoms with E-state index in [9.17, 15) is 0 Å². The van der Waals surface area contributed by atoms with Gasteiger partial charge in [-0.25, -0.2) is 4.98 Å². The van der Waals surface area contributed by atoms with Crippen molar-refractivity contribution in [3.8, 4) is 22.8 Å². The fourth-order valence-corrected chi connectivity index (χ4v) is 3.15. The molecule has 0 fully saturated rings. The van der Waals surface area contributed by atoms with Crippen molar-refractivity contribution in [1.29, 1.82) is 0 Å². The molecule has 1 aliphatic heterocycles. The lowest BCUT2D eigenvalue weighted by Gasteiger charge is -2.08. The van der Waals surface area contributed by atoms with Crippen molar-refractivity contribution in [3.05, 3.63) is 28.6 Å². The summed E-state index contributed by atoms with van der Waals surface area (Å²) in [7, 11) is 0. The average molecular weight is 304 g/mol. The van der Waals surface area contributed by atoms with Crippen molar-refractivity contribution in [2.45, 2.75) is 25.7 Å². The van der Waals surface area contributed by atoms with E-state index >= 15 is 0 Å². The van der Waals surface area contributed by atoms with Crippen LogP contribution in [0.25, 0.3) is 11.3 Å². The normalized spacial score (nSPS) is 14.0. The monoisotopic (exact) mass is 304 g/mol. The van der Waals surface area contributed by atoms with E-state index in [1.807, 2.05) is 18.2 Å². The van der Waals surface area contributed by atoms with E-state index in [0.29, 0.717) is 13.2 Å². The summed E-state index contributed by atoms with van der Waals surface area (Å²) in [6.07, 6.45) is 4.09. The first-order chi connectivity index (χ1) is 10.4. The van der Waals surface area contributed by atoms with Crippen LogP contribution in [0.5, 0.6) is 11.5 Å². The summed E-state index contributed by atoms with van der Waals surface area (Å²) in [5.74, 6) is 1.65. The molecular weight excluding hydrogens is 284 g/mol. The molecule has 0 aliphatic carbocycles. The highest BCUT2D eigenvalue weighted by molar-refractivity contribution is 7.09. The molecule has 0 spiro atoms. The predicted octanol–water partition coefficient (Wildman–Crippen LogP) is 3.25. The second-order valence-corrected chi connectivity index (χ2v) is 6.03. The predicted molar refractivity (Wildman–Crippen MR) is 85.1 cm³/mol. The Morgan fingerprint density at radius 1 is 1.14 bits per heavy atom. The van der Waals surface area contributed by atoms with E-state index in [0.717, 1.165) is 55.0 Å². The quantitative estimate of drug-likeness (QED) is 0.861. The van der Waals surface area contributed by atoms with Gasteiger partial charge in [-0.2, -0.15) is 0 Å². The third-order valence-corrected chi connectivity index (χ3v) is 4.35. The van der Waals surface area contributed by atoms with Gasteiger partial charge in [0.2, 0.25) is 0 Å². The van der Waals surface area contributed by atoms with Crippen LogP contribution in [-0.4, -0.2) is 24.7 Å². The lowest BCUT2D eigenvalue weighted by molar-refractivity contribution is 0.297. The molecule has 0 bridgehead atoms. The Labute approximate surface area is 128 Å². The molecule has 3 rings (SSSR count). The van der Waals surface area contributed by atoms with Crippen LogP contribution in [0.1, 0.15) is 24.3 Å². The summed E-state index contributed by atoms with van der Waals surface area (Å²) in [5, 5.41) is 3.28. The first-order valence-electron chi connectivity index (χ1n) is 7.41. The van der Waals surface area contributed by atoms with Crippen LogP contribution in [0, 0.1) is 0 Å². The van der Waals surface area contributed by atoms with Crippen molar-refractivity contribution in [2.24, 2.45) is 5.73 Å². The second kappa shape index (κ2) is 6.91. The minimum atomic E-state index is 0.706. The highest BCUT2D eigenvalue weighted by Crippen LogP contribution is 2.34. The van der Waals surface area contributed by atoms with E-state index in [4.69, 9.17) is 20.2 Å².